The lowest BCUT2D eigenvalue weighted by atomic mass is 9.93. The zero-order valence-corrected chi connectivity index (χ0v) is 17.1. The van der Waals surface area contributed by atoms with E-state index < -0.39 is 0 Å². The van der Waals surface area contributed by atoms with Crippen LogP contribution in [0.25, 0.3) is 0 Å². The molecule has 2 atom stereocenters. The van der Waals surface area contributed by atoms with Gasteiger partial charge in [0, 0.05) is 13.1 Å². The third-order valence-corrected chi connectivity index (χ3v) is 5.00. The van der Waals surface area contributed by atoms with Gasteiger partial charge >= 0.3 is 0 Å². The number of hydrogen-bond acceptors (Lipinski definition) is 7. The van der Waals surface area contributed by atoms with Gasteiger partial charge in [-0.3, -0.25) is 10.2 Å². The molecule has 1 heterocycles. The van der Waals surface area contributed by atoms with Crippen molar-refractivity contribution in [2.45, 2.75) is 12.6 Å². The van der Waals surface area contributed by atoms with Crippen LogP contribution in [0.3, 0.4) is 0 Å². The molecule has 156 valence electrons. The van der Waals surface area contributed by atoms with Gasteiger partial charge in [-0.15, -0.1) is 0 Å². The quantitative estimate of drug-likeness (QED) is 0.621. The van der Waals surface area contributed by atoms with Gasteiger partial charge in [-0.1, -0.05) is 12.1 Å². The monoisotopic (exact) mass is 401 g/mol. The molecular formula is C21H27N3O5. The Morgan fingerprint density at radius 2 is 1.55 bits per heavy atom. The van der Waals surface area contributed by atoms with Gasteiger partial charge in [0.25, 0.3) is 0 Å². The van der Waals surface area contributed by atoms with Gasteiger partial charge in [-0.2, -0.15) is 0 Å². The standard InChI is InChI=1S/C21H27N3O5/c1-26-16-7-5-13(9-18(16)28-3)11-22-21(25)15-12-23-24-20(15)14-6-8-17(27-2)19(10-14)29-4/h5-10,15,20,23-24H,11-12H2,1-4H3,(H,22,25). The maximum Gasteiger partial charge on any atom is 0.226 e. The van der Waals surface area contributed by atoms with Crippen molar-refractivity contribution >= 4 is 5.91 Å². The summed E-state index contributed by atoms with van der Waals surface area (Å²) in [6.45, 7) is 0.922. The summed E-state index contributed by atoms with van der Waals surface area (Å²) >= 11 is 0. The molecule has 1 fully saturated rings. The van der Waals surface area contributed by atoms with Crippen molar-refractivity contribution in [1.29, 1.82) is 0 Å². The van der Waals surface area contributed by atoms with Crippen LogP contribution >= 0.6 is 0 Å². The molecule has 8 heteroatoms. The zero-order chi connectivity index (χ0) is 20.8. The second-order valence-electron chi connectivity index (χ2n) is 6.63. The summed E-state index contributed by atoms with van der Waals surface area (Å²) < 4.78 is 21.2. The van der Waals surface area contributed by atoms with E-state index in [1.165, 1.54) is 0 Å². The maximum absolute atomic E-state index is 12.9. The molecule has 3 rings (SSSR count). The number of amides is 1. The van der Waals surface area contributed by atoms with Crippen LogP contribution in [0.15, 0.2) is 36.4 Å². The Labute approximate surface area is 170 Å². The number of nitrogens with one attached hydrogen (secondary N) is 3. The number of benzene rings is 2. The van der Waals surface area contributed by atoms with Crippen molar-refractivity contribution in [3.63, 3.8) is 0 Å². The minimum absolute atomic E-state index is 0.0444. The highest BCUT2D eigenvalue weighted by molar-refractivity contribution is 5.80. The van der Waals surface area contributed by atoms with E-state index in [0.29, 0.717) is 36.1 Å². The van der Waals surface area contributed by atoms with Crippen LogP contribution in [-0.2, 0) is 11.3 Å². The smallest absolute Gasteiger partial charge is 0.226 e. The predicted octanol–water partition coefficient (Wildman–Crippen LogP) is 1.80. The number of methoxy groups -OCH3 is 4. The molecule has 2 unspecified atom stereocenters. The Bertz CT molecular complexity index is 858. The summed E-state index contributed by atoms with van der Waals surface area (Å²) in [5.74, 6) is 2.25. The average Bonchev–Trinajstić information content (AvgIpc) is 3.26. The van der Waals surface area contributed by atoms with E-state index in [2.05, 4.69) is 16.2 Å². The van der Waals surface area contributed by atoms with Crippen molar-refractivity contribution in [3.05, 3.63) is 47.5 Å². The van der Waals surface area contributed by atoms with E-state index in [1.54, 1.807) is 28.4 Å². The minimum atomic E-state index is -0.270. The van der Waals surface area contributed by atoms with E-state index in [1.807, 2.05) is 36.4 Å². The summed E-state index contributed by atoms with van der Waals surface area (Å²) in [6, 6.07) is 11.1. The lowest BCUT2D eigenvalue weighted by molar-refractivity contribution is -0.125. The fraction of sp³-hybridized carbons (Fsp3) is 0.381. The van der Waals surface area contributed by atoms with Gasteiger partial charge in [-0.05, 0) is 35.4 Å². The van der Waals surface area contributed by atoms with Crippen molar-refractivity contribution in [2.24, 2.45) is 5.92 Å². The highest BCUT2D eigenvalue weighted by atomic mass is 16.5. The first-order valence-electron chi connectivity index (χ1n) is 9.30. The van der Waals surface area contributed by atoms with Gasteiger partial charge in [-0.25, -0.2) is 5.43 Å². The molecule has 29 heavy (non-hydrogen) atoms. The lowest BCUT2D eigenvalue weighted by Crippen LogP contribution is -2.34. The average molecular weight is 401 g/mol. The fourth-order valence-electron chi connectivity index (χ4n) is 3.41. The molecule has 2 aromatic rings. The molecule has 1 amide bonds. The van der Waals surface area contributed by atoms with Gasteiger partial charge in [0.2, 0.25) is 5.91 Å². The van der Waals surface area contributed by atoms with E-state index in [9.17, 15) is 4.79 Å². The Hall–Kier alpha value is -2.97. The second-order valence-corrected chi connectivity index (χ2v) is 6.63. The Morgan fingerprint density at radius 3 is 2.21 bits per heavy atom. The lowest BCUT2D eigenvalue weighted by Gasteiger charge is -2.20. The third-order valence-electron chi connectivity index (χ3n) is 5.00. The molecule has 1 saturated heterocycles. The SMILES string of the molecule is COc1ccc(CNC(=O)C2CNNC2c2ccc(OC)c(OC)c2)cc1OC. The maximum atomic E-state index is 12.9. The molecule has 1 aliphatic heterocycles. The molecule has 0 aromatic heterocycles. The second kappa shape index (κ2) is 9.49. The summed E-state index contributed by atoms with van der Waals surface area (Å²) in [4.78, 5) is 12.9. The number of hydrogen-bond donors (Lipinski definition) is 3. The van der Waals surface area contributed by atoms with Crippen LogP contribution < -0.4 is 35.1 Å². The van der Waals surface area contributed by atoms with Crippen molar-refractivity contribution in [1.82, 2.24) is 16.2 Å². The predicted molar refractivity (Wildman–Crippen MR) is 108 cm³/mol. The molecule has 0 radical (unpaired) electrons. The molecule has 1 aliphatic rings. The Kier molecular flexibility index (Phi) is 6.79. The molecule has 0 saturated carbocycles. The van der Waals surface area contributed by atoms with E-state index >= 15 is 0 Å². The topological polar surface area (TPSA) is 90.1 Å². The van der Waals surface area contributed by atoms with E-state index in [0.717, 1.165) is 11.1 Å². The van der Waals surface area contributed by atoms with Crippen molar-refractivity contribution < 1.29 is 23.7 Å². The Balaban J connectivity index is 1.69. The van der Waals surface area contributed by atoms with E-state index in [4.69, 9.17) is 18.9 Å². The van der Waals surface area contributed by atoms with Crippen molar-refractivity contribution in [2.75, 3.05) is 35.0 Å². The van der Waals surface area contributed by atoms with E-state index in [-0.39, 0.29) is 17.9 Å². The van der Waals surface area contributed by atoms with Crippen LogP contribution in [0.2, 0.25) is 0 Å². The number of rotatable bonds is 8. The van der Waals surface area contributed by atoms with Crippen molar-refractivity contribution in [3.8, 4) is 23.0 Å². The molecule has 3 N–H and O–H groups in total. The Morgan fingerprint density at radius 1 is 0.931 bits per heavy atom. The first-order chi connectivity index (χ1) is 14.1. The van der Waals surface area contributed by atoms with Gasteiger partial charge in [0.1, 0.15) is 0 Å². The summed E-state index contributed by atoms with van der Waals surface area (Å²) in [5.41, 5.74) is 8.13. The number of carbonyl (C=O) groups excluding carboxylic acids is 1. The van der Waals surface area contributed by atoms with Gasteiger partial charge in [0.15, 0.2) is 23.0 Å². The third kappa shape index (κ3) is 4.55. The number of carbonyl (C=O) groups is 1. The number of hydrazine groups is 1. The highest BCUT2D eigenvalue weighted by Crippen LogP contribution is 2.33. The largest absolute Gasteiger partial charge is 0.493 e. The molecule has 8 nitrogen and oxygen atoms in total. The molecule has 0 aliphatic carbocycles. The molecular weight excluding hydrogens is 374 g/mol. The molecule has 0 bridgehead atoms. The van der Waals surface area contributed by atoms with Gasteiger partial charge in [0.05, 0.1) is 40.4 Å². The molecule has 2 aromatic carbocycles. The zero-order valence-electron chi connectivity index (χ0n) is 17.1. The first-order valence-corrected chi connectivity index (χ1v) is 9.30. The summed E-state index contributed by atoms with van der Waals surface area (Å²) in [6.07, 6.45) is 0. The summed E-state index contributed by atoms with van der Waals surface area (Å²) in [7, 11) is 6.37. The normalized spacial score (nSPS) is 18.2. The van der Waals surface area contributed by atoms with Crippen LogP contribution in [0.5, 0.6) is 23.0 Å². The van der Waals surface area contributed by atoms with Crippen LogP contribution in [-0.4, -0.2) is 40.9 Å². The fourth-order valence-corrected chi connectivity index (χ4v) is 3.41. The highest BCUT2D eigenvalue weighted by Gasteiger charge is 2.34. The number of ether oxygens (including phenoxy) is 4. The van der Waals surface area contributed by atoms with Crippen LogP contribution in [0.1, 0.15) is 17.2 Å². The minimum Gasteiger partial charge on any atom is -0.493 e. The summed E-state index contributed by atoms with van der Waals surface area (Å²) in [5, 5.41) is 3.01. The van der Waals surface area contributed by atoms with Crippen LogP contribution in [0.4, 0.5) is 0 Å². The first kappa shape index (κ1) is 20.8. The van der Waals surface area contributed by atoms with Crippen LogP contribution in [0, 0.1) is 5.92 Å². The molecule has 0 spiro atoms. The van der Waals surface area contributed by atoms with Gasteiger partial charge < -0.3 is 24.3 Å².